The Hall–Kier alpha value is -0.870. The number of esters is 1. The van der Waals surface area contributed by atoms with Gasteiger partial charge < -0.3 is 14.4 Å². The van der Waals surface area contributed by atoms with Crippen molar-refractivity contribution < 1.29 is 14.3 Å². The Kier molecular flexibility index (Phi) is 3.87. The van der Waals surface area contributed by atoms with Crippen LogP contribution in [0.25, 0.3) is 0 Å². The third-order valence-corrected chi connectivity index (χ3v) is 5.30. The van der Waals surface area contributed by atoms with Crippen LogP contribution < -0.4 is 0 Å². The van der Waals surface area contributed by atoms with Crippen molar-refractivity contribution in [2.75, 3.05) is 20.6 Å². The number of carbonyl (C=O) groups excluding carboxylic acids is 1. The van der Waals surface area contributed by atoms with E-state index in [-0.39, 0.29) is 35.6 Å². The molecule has 0 saturated carbocycles. The topological polar surface area (TPSA) is 42.1 Å². The summed E-state index contributed by atoms with van der Waals surface area (Å²) < 4.78 is 11.7. The van der Waals surface area contributed by atoms with Crippen LogP contribution in [0.1, 0.15) is 39.5 Å². The molecule has 0 N–H and O–H groups in total. The molecule has 0 radical (unpaired) electrons. The van der Waals surface area contributed by atoms with Gasteiger partial charge >= 0.3 is 5.97 Å². The average Bonchev–Trinajstić information content (AvgIpc) is 2.97. The minimum Gasteiger partial charge on any atom is -0.459 e. The van der Waals surface area contributed by atoms with Crippen molar-refractivity contribution in [1.82, 2.24) is 4.90 Å². The molecule has 0 aromatic rings. The van der Waals surface area contributed by atoms with Gasteiger partial charge in [-0.2, -0.15) is 0 Å². The van der Waals surface area contributed by atoms with E-state index in [0.29, 0.717) is 0 Å². The summed E-state index contributed by atoms with van der Waals surface area (Å²) in [5, 5.41) is 0. The van der Waals surface area contributed by atoms with Gasteiger partial charge in [0.2, 0.25) is 0 Å². The van der Waals surface area contributed by atoms with Crippen molar-refractivity contribution in [3.63, 3.8) is 0 Å². The smallest absolute Gasteiger partial charge is 0.311 e. The van der Waals surface area contributed by atoms with Gasteiger partial charge in [0.15, 0.2) is 0 Å². The molecule has 0 amide bonds. The second kappa shape index (κ2) is 5.40. The summed E-state index contributed by atoms with van der Waals surface area (Å²) in [4.78, 5) is 14.4. The fourth-order valence-corrected chi connectivity index (χ4v) is 3.94. The van der Waals surface area contributed by atoms with E-state index >= 15 is 0 Å². The maximum absolute atomic E-state index is 12.3. The van der Waals surface area contributed by atoms with Gasteiger partial charge in [-0.25, -0.2) is 0 Å². The van der Waals surface area contributed by atoms with E-state index in [1.807, 2.05) is 14.1 Å². The predicted molar refractivity (Wildman–Crippen MR) is 80.9 cm³/mol. The summed E-state index contributed by atoms with van der Waals surface area (Å²) >= 11 is 0. The Bertz CT molecular complexity index is 459. The van der Waals surface area contributed by atoms with Crippen LogP contribution in [0.3, 0.4) is 0 Å². The summed E-state index contributed by atoms with van der Waals surface area (Å²) in [6.45, 7) is 5.13. The Morgan fingerprint density at radius 2 is 2.19 bits per heavy atom. The first kappa shape index (κ1) is 15.0. The van der Waals surface area contributed by atoms with E-state index in [1.165, 1.54) is 5.57 Å². The molecular weight excluding hydrogens is 266 g/mol. The molecule has 0 aromatic heterocycles. The number of hydrogen-bond donors (Lipinski definition) is 0. The van der Waals surface area contributed by atoms with Crippen LogP contribution >= 0.6 is 0 Å². The number of carbonyl (C=O) groups is 1. The van der Waals surface area contributed by atoms with Crippen molar-refractivity contribution in [2.24, 2.45) is 11.8 Å². The molecule has 3 aliphatic rings. The van der Waals surface area contributed by atoms with Crippen molar-refractivity contribution in [1.29, 1.82) is 0 Å². The van der Waals surface area contributed by atoms with E-state index in [9.17, 15) is 4.79 Å². The Morgan fingerprint density at radius 3 is 2.90 bits per heavy atom. The SMILES string of the molecule is CC1=CCC[C@@]2(C)OC2C2OC(=O)C(CN(C)C)C2CC1. The van der Waals surface area contributed by atoms with Crippen LogP contribution in [0.2, 0.25) is 0 Å². The van der Waals surface area contributed by atoms with Gasteiger partial charge in [0, 0.05) is 12.5 Å². The molecule has 0 aromatic carbocycles. The number of epoxide rings is 1. The van der Waals surface area contributed by atoms with Gasteiger partial charge in [0.1, 0.15) is 12.2 Å². The molecule has 0 spiro atoms. The zero-order valence-electron chi connectivity index (χ0n) is 13.6. The maximum Gasteiger partial charge on any atom is 0.311 e. The molecule has 21 heavy (non-hydrogen) atoms. The number of ether oxygens (including phenoxy) is 2. The number of rotatable bonds is 2. The molecule has 0 bridgehead atoms. The van der Waals surface area contributed by atoms with Crippen molar-refractivity contribution >= 4 is 5.97 Å². The molecule has 2 aliphatic heterocycles. The first-order chi connectivity index (χ1) is 9.90. The fraction of sp³-hybridized carbons (Fsp3) is 0.824. The lowest BCUT2D eigenvalue weighted by Gasteiger charge is -2.23. The van der Waals surface area contributed by atoms with E-state index in [2.05, 4.69) is 24.8 Å². The highest BCUT2D eigenvalue weighted by Gasteiger charge is 2.62. The fourth-order valence-electron chi connectivity index (χ4n) is 3.94. The highest BCUT2D eigenvalue weighted by atomic mass is 16.6. The quantitative estimate of drug-likeness (QED) is 0.445. The maximum atomic E-state index is 12.3. The zero-order chi connectivity index (χ0) is 15.2. The van der Waals surface area contributed by atoms with Crippen molar-refractivity contribution in [2.45, 2.75) is 57.3 Å². The van der Waals surface area contributed by atoms with Gasteiger partial charge in [-0.05, 0) is 53.6 Å². The van der Waals surface area contributed by atoms with Crippen molar-refractivity contribution in [3.05, 3.63) is 11.6 Å². The van der Waals surface area contributed by atoms with Crippen molar-refractivity contribution in [3.8, 4) is 0 Å². The highest BCUT2D eigenvalue weighted by molar-refractivity contribution is 5.75. The van der Waals surface area contributed by atoms with E-state index in [1.54, 1.807) is 0 Å². The second-order valence-corrected chi connectivity index (χ2v) is 7.41. The lowest BCUT2D eigenvalue weighted by molar-refractivity contribution is -0.145. The Balaban J connectivity index is 1.83. The molecule has 2 saturated heterocycles. The van der Waals surface area contributed by atoms with Gasteiger partial charge in [-0.1, -0.05) is 11.6 Å². The van der Waals surface area contributed by atoms with Gasteiger partial charge in [0.25, 0.3) is 0 Å². The summed E-state index contributed by atoms with van der Waals surface area (Å²) in [5.74, 6) is 0.247. The Morgan fingerprint density at radius 1 is 1.43 bits per heavy atom. The lowest BCUT2D eigenvalue weighted by atomic mass is 9.80. The lowest BCUT2D eigenvalue weighted by Crippen LogP contribution is -2.34. The summed E-state index contributed by atoms with van der Waals surface area (Å²) in [7, 11) is 4.04. The minimum absolute atomic E-state index is 0.00863. The normalized spacial score (nSPS) is 42.9. The van der Waals surface area contributed by atoms with Gasteiger partial charge in [-0.3, -0.25) is 4.79 Å². The van der Waals surface area contributed by atoms with E-state index < -0.39 is 0 Å². The molecule has 4 nitrogen and oxygen atoms in total. The molecule has 2 heterocycles. The van der Waals surface area contributed by atoms with Gasteiger partial charge in [0.05, 0.1) is 11.5 Å². The van der Waals surface area contributed by atoms with Crippen LogP contribution in [-0.4, -0.2) is 49.3 Å². The molecule has 4 unspecified atom stereocenters. The first-order valence-electron chi connectivity index (χ1n) is 8.09. The molecule has 5 atom stereocenters. The molecule has 118 valence electrons. The highest BCUT2D eigenvalue weighted by Crippen LogP contribution is 2.50. The van der Waals surface area contributed by atoms with Crippen LogP contribution in [-0.2, 0) is 14.3 Å². The third-order valence-electron chi connectivity index (χ3n) is 5.30. The number of fused-ring (bicyclic) bond motifs is 3. The number of allylic oxidation sites excluding steroid dienone is 2. The molecular formula is C17H27NO3. The summed E-state index contributed by atoms with van der Waals surface area (Å²) in [5.41, 5.74) is 1.34. The van der Waals surface area contributed by atoms with Crippen LogP contribution in [0.15, 0.2) is 11.6 Å². The average molecular weight is 293 g/mol. The van der Waals surface area contributed by atoms with Crippen LogP contribution in [0.5, 0.6) is 0 Å². The standard InChI is InChI=1S/C17H27NO3/c1-11-6-5-9-17(2)15(21-17)14-12(8-7-11)13(10-18(3)4)16(19)20-14/h6,12-15H,5,7-10H2,1-4H3/t12?,13?,14?,15?,17-/m1/s1. The van der Waals surface area contributed by atoms with Gasteiger partial charge in [-0.15, -0.1) is 0 Å². The Labute approximate surface area is 127 Å². The first-order valence-corrected chi connectivity index (χ1v) is 8.09. The predicted octanol–water partition coefficient (Wildman–Crippen LogP) is 2.38. The molecule has 2 fully saturated rings. The van der Waals surface area contributed by atoms with Crippen LogP contribution in [0, 0.1) is 11.8 Å². The summed E-state index contributed by atoms with van der Waals surface area (Å²) in [6, 6.07) is 0. The largest absolute Gasteiger partial charge is 0.459 e. The zero-order valence-corrected chi connectivity index (χ0v) is 13.6. The molecule has 1 aliphatic carbocycles. The van der Waals surface area contributed by atoms with E-state index in [0.717, 1.165) is 32.2 Å². The summed E-state index contributed by atoms with van der Waals surface area (Å²) in [6.07, 6.45) is 6.56. The molecule has 4 heteroatoms. The number of nitrogens with zero attached hydrogens (tertiary/aromatic N) is 1. The van der Waals surface area contributed by atoms with Crippen LogP contribution in [0.4, 0.5) is 0 Å². The second-order valence-electron chi connectivity index (χ2n) is 7.41. The monoisotopic (exact) mass is 293 g/mol. The van der Waals surface area contributed by atoms with E-state index in [4.69, 9.17) is 9.47 Å². The molecule has 3 rings (SSSR count). The minimum atomic E-state index is -0.0929. The number of hydrogen-bond acceptors (Lipinski definition) is 4. The third kappa shape index (κ3) is 2.88.